The van der Waals surface area contributed by atoms with Crippen molar-refractivity contribution in [1.82, 2.24) is 29.6 Å². The minimum Gasteiger partial charge on any atom is -0.381 e. The van der Waals surface area contributed by atoms with Gasteiger partial charge in [-0.05, 0) is 30.7 Å². The Balaban J connectivity index is 1.26. The van der Waals surface area contributed by atoms with Gasteiger partial charge in [0, 0.05) is 79.7 Å². The van der Waals surface area contributed by atoms with Gasteiger partial charge in [0.05, 0.1) is 11.9 Å². The summed E-state index contributed by atoms with van der Waals surface area (Å²) in [4.78, 5) is 21.0. The average Bonchev–Trinajstić information content (AvgIpc) is 3.57. The molecule has 11 heteroatoms. The summed E-state index contributed by atoms with van der Waals surface area (Å²) in [6.45, 7) is 4.50. The lowest BCUT2D eigenvalue weighted by molar-refractivity contribution is 0.101. The topological polar surface area (TPSA) is 122 Å². The van der Waals surface area contributed by atoms with E-state index < -0.39 is 5.60 Å². The fourth-order valence-corrected chi connectivity index (χ4v) is 4.56. The molecule has 0 bridgehead atoms. The van der Waals surface area contributed by atoms with Gasteiger partial charge in [-0.15, -0.1) is 0 Å². The molecule has 5 rings (SSSR count). The van der Waals surface area contributed by atoms with Crippen LogP contribution >= 0.6 is 11.6 Å². The number of aromatic nitrogens is 5. The second-order valence-corrected chi connectivity index (χ2v) is 9.55. The Kier molecular flexibility index (Phi) is 6.77. The number of piperazine rings is 1. The highest BCUT2D eigenvalue weighted by molar-refractivity contribution is 6.30. The molecule has 190 valence electrons. The molecule has 3 aromatic heterocycles. The number of halogens is 1. The maximum Gasteiger partial charge on any atom is 0.225 e. The Labute approximate surface area is 219 Å². The van der Waals surface area contributed by atoms with E-state index in [2.05, 4.69) is 34.8 Å². The first-order chi connectivity index (χ1) is 17.8. The zero-order chi connectivity index (χ0) is 26.0. The highest BCUT2D eigenvalue weighted by Crippen LogP contribution is 2.29. The quantitative estimate of drug-likeness (QED) is 0.266. The van der Waals surface area contributed by atoms with Gasteiger partial charge in [-0.1, -0.05) is 23.7 Å². The molecule has 37 heavy (non-hydrogen) atoms. The van der Waals surface area contributed by atoms with Crippen molar-refractivity contribution in [2.45, 2.75) is 12.5 Å². The van der Waals surface area contributed by atoms with Crippen molar-refractivity contribution in [3.63, 3.8) is 0 Å². The number of aliphatic imine (C=N–C) groups is 1. The smallest absolute Gasteiger partial charge is 0.225 e. The maximum atomic E-state index is 11.1. The van der Waals surface area contributed by atoms with Gasteiger partial charge >= 0.3 is 0 Å². The van der Waals surface area contributed by atoms with E-state index in [1.165, 1.54) is 0 Å². The molecule has 0 saturated carbocycles. The summed E-state index contributed by atoms with van der Waals surface area (Å²) in [7, 11) is 1.89. The van der Waals surface area contributed by atoms with E-state index in [4.69, 9.17) is 17.0 Å². The summed E-state index contributed by atoms with van der Waals surface area (Å²) in [6.07, 6.45) is 10.1. The molecule has 1 aliphatic rings. The second-order valence-electron chi connectivity index (χ2n) is 9.11. The van der Waals surface area contributed by atoms with Gasteiger partial charge < -0.3 is 19.9 Å². The maximum absolute atomic E-state index is 11.1. The van der Waals surface area contributed by atoms with E-state index >= 15 is 0 Å². The van der Waals surface area contributed by atoms with Crippen molar-refractivity contribution in [2.75, 3.05) is 31.1 Å². The molecular formula is C26H28ClN9O. The molecular weight excluding hydrogens is 490 g/mol. The summed E-state index contributed by atoms with van der Waals surface area (Å²) >= 11 is 5.99. The van der Waals surface area contributed by atoms with Crippen LogP contribution in [0.25, 0.3) is 11.1 Å². The van der Waals surface area contributed by atoms with Crippen LogP contribution in [-0.2, 0) is 12.6 Å². The van der Waals surface area contributed by atoms with Gasteiger partial charge in [-0.25, -0.2) is 15.0 Å². The number of hydrogen-bond donors (Lipinski definition) is 3. The standard InChI is InChI=1S/C26H28ClN9O/c1-26(37,20-3-5-22(27)6-4-20)21-14-30-25(31-15-21)36-9-7-35(8-10-36)24(32-17-28)23-11-18(12-29-23)19-13-33-34(2)16-19/h3-6,11-17,28-29,37H,7-10H2,1-2H3/t26-/m1/s1. The highest BCUT2D eigenvalue weighted by atomic mass is 35.5. The number of nitrogens with zero attached hydrogens (tertiary/aromatic N) is 7. The van der Waals surface area contributed by atoms with Gasteiger partial charge in [-0.2, -0.15) is 5.10 Å². The summed E-state index contributed by atoms with van der Waals surface area (Å²) in [5.74, 6) is 1.33. The Morgan fingerprint density at radius 3 is 2.41 bits per heavy atom. The van der Waals surface area contributed by atoms with E-state index in [-0.39, 0.29) is 0 Å². The fraction of sp³-hybridized carbons (Fsp3) is 0.269. The Morgan fingerprint density at radius 1 is 1.08 bits per heavy atom. The number of rotatable bonds is 6. The SMILES string of the molecule is Cn1cc(-c2c[nH]c(C(=NC=N)N3CCN(c4ncc([C@](C)(O)c5ccc(Cl)cc5)cn4)CC3)c2)cn1. The van der Waals surface area contributed by atoms with Gasteiger partial charge in [0.25, 0.3) is 0 Å². The van der Waals surface area contributed by atoms with Crippen LogP contribution in [0.2, 0.25) is 5.02 Å². The predicted octanol–water partition coefficient (Wildman–Crippen LogP) is 3.29. The van der Waals surface area contributed by atoms with Crippen LogP contribution in [-0.4, -0.2) is 73.1 Å². The van der Waals surface area contributed by atoms with Crippen LogP contribution in [0.3, 0.4) is 0 Å². The molecule has 1 fully saturated rings. The minimum atomic E-state index is -1.23. The number of nitrogens with one attached hydrogen (secondary N) is 2. The van der Waals surface area contributed by atoms with E-state index in [9.17, 15) is 5.11 Å². The third-order valence-electron chi connectivity index (χ3n) is 6.62. The van der Waals surface area contributed by atoms with Crippen LogP contribution in [0.4, 0.5) is 5.95 Å². The first kappa shape index (κ1) is 24.7. The van der Waals surface area contributed by atoms with Gasteiger partial charge in [-0.3, -0.25) is 10.1 Å². The highest BCUT2D eigenvalue weighted by Gasteiger charge is 2.28. The van der Waals surface area contributed by atoms with Crippen LogP contribution in [0.5, 0.6) is 0 Å². The Bertz CT molecular complexity index is 1400. The number of H-pyrrole nitrogens is 1. The van der Waals surface area contributed by atoms with Crippen molar-refractivity contribution < 1.29 is 5.11 Å². The van der Waals surface area contributed by atoms with Crippen molar-refractivity contribution in [3.05, 3.63) is 83.2 Å². The third-order valence-corrected chi connectivity index (χ3v) is 6.87. The average molecular weight is 518 g/mol. The summed E-state index contributed by atoms with van der Waals surface area (Å²) in [5.41, 5.74) is 2.97. The number of benzene rings is 1. The molecule has 0 spiro atoms. The molecule has 0 unspecified atom stereocenters. The van der Waals surface area contributed by atoms with Crippen LogP contribution in [0, 0.1) is 5.41 Å². The van der Waals surface area contributed by atoms with Crippen LogP contribution in [0.15, 0.2) is 66.3 Å². The number of hydrogen-bond acceptors (Lipinski definition) is 6. The molecule has 4 aromatic rings. The zero-order valence-corrected chi connectivity index (χ0v) is 21.4. The molecule has 4 heterocycles. The van der Waals surface area contributed by atoms with Crippen molar-refractivity contribution in [3.8, 4) is 11.1 Å². The lowest BCUT2D eigenvalue weighted by atomic mass is 9.90. The number of amidine groups is 1. The first-order valence-corrected chi connectivity index (χ1v) is 12.3. The largest absolute Gasteiger partial charge is 0.381 e. The lowest BCUT2D eigenvalue weighted by Gasteiger charge is -2.36. The number of anilines is 1. The van der Waals surface area contributed by atoms with Gasteiger partial charge in [0.15, 0.2) is 5.84 Å². The number of aryl methyl sites for hydroxylation is 1. The molecule has 10 nitrogen and oxygen atoms in total. The molecule has 0 radical (unpaired) electrons. The second kappa shape index (κ2) is 10.2. The Hall–Kier alpha value is -4.02. The van der Waals surface area contributed by atoms with Crippen molar-refractivity contribution in [1.29, 1.82) is 5.41 Å². The molecule has 3 N–H and O–H groups in total. The van der Waals surface area contributed by atoms with E-state index in [1.807, 2.05) is 31.7 Å². The molecule has 0 amide bonds. The molecule has 1 atom stereocenters. The summed E-state index contributed by atoms with van der Waals surface area (Å²) in [5, 5.41) is 23.5. The van der Waals surface area contributed by atoms with Crippen LogP contribution in [0.1, 0.15) is 23.7 Å². The minimum absolute atomic E-state index is 0.605. The van der Waals surface area contributed by atoms with E-state index in [0.717, 1.165) is 34.6 Å². The lowest BCUT2D eigenvalue weighted by Crippen LogP contribution is -2.49. The van der Waals surface area contributed by atoms with E-state index in [1.54, 1.807) is 48.3 Å². The third kappa shape index (κ3) is 5.11. The monoisotopic (exact) mass is 517 g/mol. The van der Waals surface area contributed by atoms with Crippen LogP contribution < -0.4 is 4.90 Å². The van der Waals surface area contributed by atoms with Gasteiger partial charge in [0.2, 0.25) is 5.95 Å². The Morgan fingerprint density at radius 2 is 1.78 bits per heavy atom. The fourth-order valence-electron chi connectivity index (χ4n) is 4.44. The number of aliphatic hydroxyl groups is 1. The number of aromatic amines is 1. The normalized spacial score (nSPS) is 16.1. The molecule has 1 aliphatic heterocycles. The predicted molar refractivity (Wildman–Crippen MR) is 144 cm³/mol. The first-order valence-electron chi connectivity index (χ1n) is 11.9. The van der Waals surface area contributed by atoms with Gasteiger partial charge in [0.1, 0.15) is 11.9 Å². The summed E-state index contributed by atoms with van der Waals surface area (Å²) in [6, 6.07) is 9.13. The van der Waals surface area contributed by atoms with Crippen molar-refractivity contribution >= 4 is 29.7 Å². The molecule has 1 saturated heterocycles. The van der Waals surface area contributed by atoms with E-state index in [0.29, 0.717) is 42.7 Å². The molecule has 0 aliphatic carbocycles. The summed E-state index contributed by atoms with van der Waals surface area (Å²) < 4.78 is 1.77. The zero-order valence-electron chi connectivity index (χ0n) is 20.6. The molecule has 1 aromatic carbocycles. The van der Waals surface area contributed by atoms with Crippen molar-refractivity contribution in [2.24, 2.45) is 12.0 Å².